The zero-order valence-electron chi connectivity index (χ0n) is 16.3. The topological polar surface area (TPSA) is 68.8 Å². The van der Waals surface area contributed by atoms with Crippen molar-refractivity contribution in [1.29, 1.82) is 0 Å². The van der Waals surface area contributed by atoms with Gasteiger partial charge in [0.25, 0.3) is 5.91 Å². The van der Waals surface area contributed by atoms with E-state index >= 15 is 0 Å². The summed E-state index contributed by atoms with van der Waals surface area (Å²) in [6.07, 6.45) is 7.41. The van der Waals surface area contributed by atoms with Gasteiger partial charge in [-0.05, 0) is 50.2 Å². The molecule has 1 aliphatic carbocycles. The molecule has 4 heterocycles. The largest absolute Gasteiger partial charge is 0.335 e. The number of fused-ring (bicyclic) bond motifs is 1. The Balaban J connectivity index is 1.20. The van der Waals surface area contributed by atoms with E-state index in [4.69, 9.17) is 0 Å². The molecule has 2 unspecified atom stereocenters. The number of rotatable bonds is 4. The van der Waals surface area contributed by atoms with E-state index in [0.717, 1.165) is 38.3 Å². The third-order valence-electron chi connectivity index (χ3n) is 6.81. The zero-order chi connectivity index (χ0) is 19.1. The number of nitrogens with one attached hydrogen (secondary N) is 1. The van der Waals surface area contributed by atoms with E-state index in [9.17, 15) is 9.59 Å². The van der Waals surface area contributed by atoms with Crippen LogP contribution in [0.3, 0.4) is 0 Å². The Kier molecular flexibility index (Phi) is 4.70. The van der Waals surface area contributed by atoms with E-state index in [2.05, 4.69) is 20.1 Å². The van der Waals surface area contributed by atoms with Crippen molar-refractivity contribution in [2.45, 2.75) is 50.2 Å². The first-order chi connectivity index (χ1) is 13.7. The fourth-order valence-corrected chi connectivity index (χ4v) is 5.12. The highest BCUT2D eigenvalue weighted by Crippen LogP contribution is 2.33. The molecular formula is C21H29N5O2. The molecule has 0 radical (unpaired) electrons. The maximum Gasteiger partial charge on any atom is 0.318 e. The Hall–Kier alpha value is -2.15. The Morgan fingerprint density at radius 2 is 1.93 bits per heavy atom. The molecule has 3 amide bonds. The number of aromatic nitrogens is 1. The summed E-state index contributed by atoms with van der Waals surface area (Å²) in [7, 11) is 0. The molecular weight excluding hydrogens is 354 g/mol. The maximum absolute atomic E-state index is 12.7. The van der Waals surface area contributed by atoms with E-state index in [1.165, 1.54) is 19.4 Å². The summed E-state index contributed by atoms with van der Waals surface area (Å²) in [5.41, 5.74) is 0.477. The first kappa shape index (κ1) is 17.9. The van der Waals surface area contributed by atoms with Crippen molar-refractivity contribution in [3.8, 4) is 0 Å². The molecule has 3 saturated heterocycles. The molecule has 4 aliphatic rings. The number of likely N-dealkylation sites (tertiary alicyclic amines) is 2. The van der Waals surface area contributed by atoms with Gasteiger partial charge in [-0.1, -0.05) is 6.07 Å². The van der Waals surface area contributed by atoms with E-state index in [1.54, 1.807) is 12.3 Å². The standard InChI is InChI=1S/C21H29N5O2/c27-20(17-3-1-2-9-22-17)25-12-8-19-18(14-25)23-21(28)26(19)16-6-10-24(11-7-16)13-15-4-5-15/h1-3,9,15-16,18-19H,4-8,10-14H2,(H,23,28). The van der Waals surface area contributed by atoms with Crippen LogP contribution in [0.2, 0.25) is 0 Å². The Bertz CT molecular complexity index is 730. The van der Waals surface area contributed by atoms with Gasteiger partial charge in [0.1, 0.15) is 5.69 Å². The molecule has 1 aromatic heterocycles. The third kappa shape index (κ3) is 3.48. The molecule has 28 heavy (non-hydrogen) atoms. The van der Waals surface area contributed by atoms with Crippen LogP contribution < -0.4 is 5.32 Å². The summed E-state index contributed by atoms with van der Waals surface area (Å²) in [6, 6.07) is 6.03. The third-order valence-corrected chi connectivity index (χ3v) is 6.81. The Labute approximate surface area is 166 Å². The van der Waals surface area contributed by atoms with Gasteiger partial charge < -0.3 is 20.0 Å². The van der Waals surface area contributed by atoms with Gasteiger partial charge in [0.05, 0.1) is 12.1 Å². The Morgan fingerprint density at radius 3 is 2.64 bits per heavy atom. The second kappa shape index (κ2) is 7.35. The number of piperidine rings is 2. The summed E-state index contributed by atoms with van der Waals surface area (Å²) in [4.78, 5) is 36.2. The number of amides is 3. The van der Waals surface area contributed by atoms with Crippen molar-refractivity contribution in [2.24, 2.45) is 5.92 Å². The molecule has 3 aliphatic heterocycles. The highest BCUT2D eigenvalue weighted by atomic mass is 16.2. The minimum absolute atomic E-state index is 0.0263. The molecule has 7 nitrogen and oxygen atoms in total. The van der Waals surface area contributed by atoms with Gasteiger partial charge in [-0.25, -0.2) is 4.79 Å². The van der Waals surface area contributed by atoms with Gasteiger partial charge in [-0.3, -0.25) is 9.78 Å². The highest BCUT2D eigenvalue weighted by Gasteiger charge is 2.46. The number of carbonyl (C=O) groups excluding carboxylic acids is 2. The molecule has 4 fully saturated rings. The molecule has 0 aromatic carbocycles. The zero-order valence-corrected chi connectivity index (χ0v) is 16.3. The minimum Gasteiger partial charge on any atom is -0.335 e. The molecule has 0 bridgehead atoms. The first-order valence-corrected chi connectivity index (χ1v) is 10.7. The predicted octanol–water partition coefficient (Wildman–Crippen LogP) is 1.56. The van der Waals surface area contributed by atoms with Crippen molar-refractivity contribution in [3.05, 3.63) is 30.1 Å². The van der Waals surface area contributed by atoms with Crippen LogP contribution in [-0.4, -0.2) is 82.5 Å². The smallest absolute Gasteiger partial charge is 0.318 e. The van der Waals surface area contributed by atoms with Gasteiger partial charge in [0.15, 0.2) is 0 Å². The predicted molar refractivity (Wildman–Crippen MR) is 105 cm³/mol. The summed E-state index contributed by atoms with van der Waals surface area (Å²) in [5.74, 6) is 0.886. The minimum atomic E-state index is -0.0415. The maximum atomic E-state index is 12.7. The van der Waals surface area contributed by atoms with Crippen LogP contribution in [0.25, 0.3) is 0 Å². The van der Waals surface area contributed by atoms with Crippen LogP contribution in [0.5, 0.6) is 0 Å². The van der Waals surface area contributed by atoms with Crippen LogP contribution in [-0.2, 0) is 0 Å². The summed E-state index contributed by atoms with van der Waals surface area (Å²) in [6.45, 7) is 4.71. The lowest BCUT2D eigenvalue weighted by Crippen LogP contribution is -2.55. The Morgan fingerprint density at radius 1 is 1.11 bits per heavy atom. The first-order valence-electron chi connectivity index (χ1n) is 10.7. The van der Waals surface area contributed by atoms with E-state index in [0.29, 0.717) is 24.8 Å². The number of pyridine rings is 1. The number of carbonyl (C=O) groups is 2. The lowest BCUT2D eigenvalue weighted by Gasteiger charge is -2.42. The lowest BCUT2D eigenvalue weighted by molar-refractivity contribution is 0.0583. The highest BCUT2D eigenvalue weighted by molar-refractivity contribution is 5.92. The SMILES string of the molecule is O=C(c1ccccn1)N1CCC2C(C1)NC(=O)N2C1CCN(CC2CC2)CC1. The quantitative estimate of drug-likeness (QED) is 0.857. The van der Waals surface area contributed by atoms with Crippen molar-refractivity contribution < 1.29 is 9.59 Å². The number of nitrogens with zero attached hydrogens (tertiary/aromatic N) is 4. The van der Waals surface area contributed by atoms with Gasteiger partial charge in [-0.2, -0.15) is 0 Å². The molecule has 2 atom stereocenters. The van der Waals surface area contributed by atoms with E-state index in [1.807, 2.05) is 17.0 Å². The monoisotopic (exact) mass is 383 g/mol. The molecule has 1 aromatic rings. The van der Waals surface area contributed by atoms with Crippen LogP contribution in [0.15, 0.2) is 24.4 Å². The summed E-state index contributed by atoms with van der Waals surface area (Å²) in [5, 5.41) is 3.15. The van der Waals surface area contributed by atoms with Crippen molar-refractivity contribution in [3.63, 3.8) is 0 Å². The second-order valence-corrected chi connectivity index (χ2v) is 8.76. The second-order valence-electron chi connectivity index (χ2n) is 8.76. The van der Waals surface area contributed by atoms with Gasteiger partial charge in [-0.15, -0.1) is 0 Å². The van der Waals surface area contributed by atoms with Crippen LogP contribution >= 0.6 is 0 Å². The van der Waals surface area contributed by atoms with Gasteiger partial charge in [0, 0.05) is 45.0 Å². The van der Waals surface area contributed by atoms with Crippen molar-refractivity contribution in [2.75, 3.05) is 32.7 Å². The molecule has 1 saturated carbocycles. The number of urea groups is 1. The summed E-state index contributed by atoms with van der Waals surface area (Å²) < 4.78 is 0. The normalized spacial score (nSPS) is 28.9. The average Bonchev–Trinajstić information content (AvgIpc) is 3.48. The van der Waals surface area contributed by atoms with Crippen molar-refractivity contribution >= 4 is 11.9 Å². The molecule has 1 N–H and O–H groups in total. The number of hydrogen-bond donors (Lipinski definition) is 1. The average molecular weight is 383 g/mol. The van der Waals surface area contributed by atoms with E-state index in [-0.39, 0.29) is 24.0 Å². The van der Waals surface area contributed by atoms with Crippen molar-refractivity contribution in [1.82, 2.24) is 25.0 Å². The fraction of sp³-hybridized carbons (Fsp3) is 0.667. The van der Waals surface area contributed by atoms with Gasteiger partial charge >= 0.3 is 6.03 Å². The lowest BCUT2D eigenvalue weighted by atomic mass is 9.95. The van der Waals surface area contributed by atoms with Crippen LogP contribution in [0.4, 0.5) is 4.79 Å². The fourth-order valence-electron chi connectivity index (χ4n) is 5.12. The number of hydrogen-bond acceptors (Lipinski definition) is 4. The summed E-state index contributed by atoms with van der Waals surface area (Å²) >= 11 is 0. The molecule has 7 heteroatoms. The molecule has 5 rings (SSSR count). The van der Waals surface area contributed by atoms with E-state index < -0.39 is 0 Å². The van der Waals surface area contributed by atoms with Crippen LogP contribution in [0.1, 0.15) is 42.6 Å². The molecule has 0 spiro atoms. The molecule has 150 valence electrons. The van der Waals surface area contributed by atoms with Crippen LogP contribution in [0, 0.1) is 5.92 Å². The van der Waals surface area contributed by atoms with Gasteiger partial charge in [0.2, 0.25) is 0 Å².